The quantitative estimate of drug-likeness (QED) is 0.137. The number of thioether (sulfide) groups is 1. The summed E-state index contributed by atoms with van der Waals surface area (Å²) in [6.45, 7) is 3.64. The van der Waals surface area contributed by atoms with Crippen molar-refractivity contribution >= 4 is 41.4 Å². The van der Waals surface area contributed by atoms with Crippen molar-refractivity contribution < 1.29 is 34.2 Å². The number of nitrogens with one attached hydrogen (secondary N) is 4. The van der Waals surface area contributed by atoms with Crippen molar-refractivity contribution in [2.75, 3.05) is 12.0 Å². The van der Waals surface area contributed by atoms with Crippen LogP contribution in [-0.4, -0.2) is 86.0 Å². The minimum Gasteiger partial charge on any atom is -0.481 e. The van der Waals surface area contributed by atoms with Gasteiger partial charge in [0.15, 0.2) is 0 Å². The smallest absolute Gasteiger partial charge is 0.326 e. The van der Waals surface area contributed by atoms with Crippen molar-refractivity contribution in [3.05, 3.63) is 18.2 Å². The summed E-state index contributed by atoms with van der Waals surface area (Å²) in [5.41, 5.74) is 6.52. The molecule has 4 atom stereocenters. The number of rotatable bonds is 17. The van der Waals surface area contributed by atoms with Gasteiger partial charge in [0, 0.05) is 24.7 Å². The highest BCUT2D eigenvalue weighted by atomic mass is 32.2. The summed E-state index contributed by atoms with van der Waals surface area (Å²) in [5, 5.41) is 26.0. The van der Waals surface area contributed by atoms with Crippen LogP contribution in [0.4, 0.5) is 0 Å². The van der Waals surface area contributed by atoms with Crippen LogP contribution in [-0.2, 0) is 30.4 Å². The summed E-state index contributed by atoms with van der Waals surface area (Å²) in [6.07, 6.45) is 4.62. The van der Waals surface area contributed by atoms with Gasteiger partial charge >= 0.3 is 11.9 Å². The highest BCUT2D eigenvalue weighted by Gasteiger charge is 2.30. The van der Waals surface area contributed by atoms with Gasteiger partial charge in [0.25, 0.3) is 0 Å². The molecule has 0 aromatic carbocycles. The molecule has 0 fully saturated rings. The molecule has 36 heavy (non-hydrogen) atoms. The summed E-state index contributed by atoms with van der Waals surface area (Å²) >= 11 is 1.43. The van der Waals surface area contributed by atoms with E-state index in [1.54, 1.807) is 0 Å². The number of hydrogen-bond donors (Lipinski definition) is 7. The Morgan fingerprint density at radius 1 is 1.00 bits per heavy atom. The fraction of sp³-hybridized carbons (Fsp3) is 0.636. The summed E-state index contributed by atoms with van der Waals surface area (Å²) in [5.74, 6) is -3.99. The van der Waals surface area contributed by atoms with Crippen LogP contribution in [0.2, 0.25) is 0 Å². The van der Waals surface area contributed by atoms with Crippen LogP contribution in [0.5, 0.6) is 0 Å². The fourth-order valence-electron chi connectivity index (χ4n) is 3.28. The van der Waals surface area contributed by atoms with Gasteiger partial charge in [-0.05, 0) is 37.2 Å². The van der Waals surface area contributed by atoms with E-state index in [0.29, 0.717) is 11.4 Å². The molecule has 1 aromatic rings. The van der Waals surface area contributed by atoms with Crippen molar-refractivity contribution in [2.45, 2.75) is 70.1 Å². The zero-order valence-electron chi connectivity index (χ0n) is 20.7. The predicted octanol–water partition coefficient (Wildman–Crippen LogP) is -0.517. The first-order valence-electron chi connectivity index (χ1n) is 11.5. The summed E-state index contributed by atoms with van der Waals surface area (Å²) in [7, 11) is 0. The lowest BCUT2D eigenvalue weighted by molar-refractivity contribution is -0.142. The Labute approximate surface area is 213 Å². The molecule has 0 aliphatic rings. The molecule has 3 amide bonds. The van der Waals surface area contributed by atoms with Gasteiger partial charge in [-0.2, -0.15) is 11.8 Å². The van der Waals surface area contributed by atoms with Crippen LogP contribution >= 0.6 is 11.8 Å². The van der Waals surface area contributed by atoms with Gasteiger partial charge < -0.3 is 36.9 Å². The first-order valence-corrected chi connectivity index (χ1v) is 12.9. The Kier molecular flexibility index (Phi) is 13.5. The number of carbonyl (C=O) groups excluding carboxylic acids is 3. The third-order valence-electron chi connectivity index (χ3n) is 5.18. The van der Waals surface area contributed by atoms with E-state index in [1.807, 2.05) is 20.1 Å². The van der Waals surface area contributed by atoms with E-state index in [9.17, 15) is 29.1 Å². The molecule has 202 valence electrons. The van der Waals surface area contributed by atoms with Gasteiger partial charge in [-0.1, -0.05) is 13.8 Å². The van der Waals surface area contributed by atoms with Gasteiger partial charge in [0.1, 0.15) is 18.1 Å². The topological polar surface area (TPSA) is 217 Å². The fourth-order valence-corrected chi connectivity index (χ4v) is 3.75. The number of carboxylic acids is 2. The van der Waals surface area contributed by atoms with Crippen molar-refractivity contribution in [1.82, 2.24) is 25.9 Å². The summed E-state index contributed by atoms with van der Waals surface area (Å²) in [4.78, 5) is 67.8. The lowest BCUT2D eigenvalue weighted by atomic mass is 10.0. The second-order valence-electron chi connectivity index (χ2n) is 8.75. The first-order chi connectivity index (χ1) is 16.9. The molecule has 14 heteroatoms. The zero-order valence-corrected chi connectivity index (χ0v) is 21.5. The largest absolute Gasteiger partial charge is 0.481 e. The Morgan fingerprint density at radius 3 is 2.08 bits per heavy atom. The Hall–Kier alpha value is -3.13. The highest BCUT2D eigenvalue weighted by molar-refractivity contribution is 7.98. The van der Waals surface area contributed by atoms with E-state index >= 15 is 0 Å². The second-order valence-corrected chi connectivity index (χ2v) is 9.74. The van der Waals surface area contributed by atoms with Gasteiger partial charge in [0.05, 0.1) is 12.4 Å². The van der Waals surface area contributed by atoms with E-state index in [-0.39, 0.29) is 31.6 Å². The number of H-pyrrole nitrogens is 1. The number of hydrogen-bond acceptors (Lipinski definition) is 8. The number of aliphatic carboxylic acids is 2. The number of aromatic nitrogens is 2. The van der Waals surface area contributed by atoms with Crippen LogP contribution in [0.1, 0.15) is 45.2 Å². The molecule has 4 unspecified atom stereocenters. The molecular weight excluding hydrogens is 492 g/mol. The number of carboxylic acid groups (broad SMARTS) is 2. The van der Waals surface area contributed by atoms with E-state index in [0.717, 1.165) is 0 Å². The minimum atomic E-state index is -1.27. The maximum atomic E-state index is 13.0. The number of nitrogens with zero attached hydrogens (tertiary/aromatic N) is 1. The van der Waals surface area contributed by atoms with Gasteiger partial charge in [-0.15, -0.1) is 0 Å². The van der Waals surface area contributed by atoms with Crippen LogP contribution in [0.15, 0.2) is 12.5 Å². The molecule has 1 aromatic heterocycles. The highest BCUT2D eigenvalue weighted by Crippen LogP contribution is 2.08. The third kappa shape index (κ3) is 11.5. The third-order valence-corrected chi connectivity index (χ3v) is 5.82. The first kappa shape index (κ1) is 30.9. The number of aromatic amines is 1. The van der Waals surface area contributed by atoms with E-state index in [2.05, 4.69) is 25.9 Å². The van der Waals surface area contributed by atoms with Crippen molar-refractivity contribution in [2.24, 2.45) is 11.7 Å². The summed E-state index contributed by atoms with van der Waals surface area (Å²) < 4.78 is 0. The summed E-state index contributed by atoms with van der Waals surface area (Å²) in [6, 6.07) is -4.51. The zero-order chi connectivity index (χ0) is 27.3. The van der Waals surface area contributed by atoms with Crippen LogP contribution in [0.3, 0.4) is 0 Å². The molecule has 8 N–H and O–H groups in total. The molecule has 0 aliphatic carbocycles. The van der Waals surface area contributed by atoms with Crippen molar-refractivity contribution in [3.63, 3.8) is 0 Å². The second kappa shape index (κ2) is 15.8. The average molecular weight is 529 g/mol. The molecule has 0 saturated heterocycles. The number of carbonyl (C=O) groups is 5. The predicted molar refractivity (Wildman–Crippen MR) is 133 cm³/mol. The molecule has 13 nitrogen and oxygen atoms in total. The Balaban J connectivity index is 2.95. The van der Waals surface area contributed by atoms with Crippen molar-refractivity contribution in [3.8, 4) is 0 Å². The van der Waals surface area contributed by atoms with Crippen molar-refractivity contribution in [1.29, 1.82) is 0 Å². The SMILES string of the molecule is CSCCC(NC(=O)C(CCC(=O)O)NC(=O)C(N)Cc1cnc[nH]1)C(=O)NC(CC(C)C)C(=O)O. The van der Waals surface area contributed by atoms with Gasteiger partial charge in [-0.25, -0.2) is 9.78 Å². The maximum Gasteiger partial charge on any atom is 0.326 e. The number of amides is 3. The molecular formula is C22H36N6O7S. The number of nitrogens with two attached hydrogens (primary N) is 1. The maximum absolute atomic E-state index is 13.0. The van der Waals surface area contributed by atoms with Crippen LogP contribution in [0, 0.1) is 5.92 Å². The van der Waals surface area contributed by atoms with Gasteiger partial charge in [0.2, 0.25) is 17.7 Å². The van der Waals surface area contributed by atoms with Crippen LogP contribution < -0.4 is 21.7 Å². The van der Waals surface area contributed by atoms with E-state index in [1.165, 1.54) is 24.3 Å². The van der Waals surface area contributed by atoms with E-state index in [4.69, 9.17) is 10.8 Å². The lowest BCUT2D eigenvalue weighted by Gasteiger charge is -2.25. The molecule has 0 radical (unpaired) electrons. The lowest BCUT2D eigenvalue weighted by Crippen LogP contribution is -2.57. The molecule has 0 spiro atoms. The van der Waals surface area contributed by atoms with E-state index < -0.39 is 60.2 Å². The molecule has 0 aliphatic heterocycles. The Morgan fingerprint density at radius 2 is 1.58 bits per heavy atom. The Bertz CT molecular complexity index is 880. The molecule has 0 bridgehead atoms. The molecule has 1 heterocycles. The average Bonchev–Trinajstić information content (AvgIpc) is 3.30. The van der Waals surface area contributed by atoms with Crippen LogP contribution in [0.25, 0.3) is 0 Å². The monoisotopic (exact) mass is 528 g/mol. The molecule has 0 saturated carbocycles. The van der Waals surface area contributed by atoms with Gasteiger partial charge in [-0.3, -0.25) is 19.2 Å². The minimum absolute atomic E-state index is 0.00668. The molecule has 1 rings (SSSR count). The normalized spacial score (nSPS) is 14.4. The number of imidazole rings is 1. The standard InChI is InChI=1S/C22H36N6O7S/c1-12(2)8-17(22(34)35)28-21(33)16(6-7-36-3)27-20(32)15(4-5-18(29)30)26-19(31)14(23)9-13-10-24-11-25-13/h10-12,14-17H,4-9,23H2,1-3H3,(H,24,25)(H,26,31)(H,27,32)(H,28,33)(H,29,30)(H,34,35).